The number of hydrogen-bond donors (Lipinski definition) is 1. The maximum Gasteiger partial charge on any atom is 0.342 e. The number of non-ortho nitro benzene ring substituents is 1. The lowest BCUT2D eigenvalue weighted by Crippen LogP contribution is -2.30. The molecule has 1 aromatic heterocycles. The summed E-state index contributed by atoms with van der Waals surface area (Å²) in [5.41, 5.74) is 0.0902. The Morgan fingerprint density at radius 2 is 1.85 bits per heavy atom. The first-order valence-corrected chi connectivity index (χ1v) is 7.56. The molecule has 0 spiro atoms. The number of nitro benzene ring substituents is 1. The van der Waals surface area contributed by atoms with Crippen LogP contribution in [0.5, 0.6) is 0 Å². The molecule has 0 fully saturated rings. The highest BCUT2D eigenvalue weighted by Crippen LogP contribution is 2.17. The summed E-state index contributed by atoms with van der Waals surface area (Å²) in [6, 6.07) is 6.37. The average molecular weight is 360 g/mol. The predicted molar refractivity (Wildman–Crippen MR) is 91.1 cm³/mol. The van der Waals surface area contributed by atoms with E-state index in [1.807, 2.05) is 0 Å². The lowest BCUT2D eigenvalue weighted by atomic mass is 10.1. The molecule has 0 aliphatic heterocycles. The molecule has 0 aliphatic carbocycles. The molecule has 9 heteroatoms. The molecule has 1 atom stereocenters. The second-order valence-electron chi connectivity index (χ2n) is 5.52. The number of rotatable bonds is 5. The number of nitro groups is 1. The number of esters is 1. The highest BCUT2D eigenvalue weighted by atomic mass is 16.6. The van der Waals surface area contributed by atoms with Gasteiger partial charge in [0.15, 0.2) is 6.10 Å². The van der Waals surface area contributed by atoms with Crippen LogP contribution >= 0.6 is 0 Å². The zero-order valence-corrected chi connectivity index (χ0v) is 14.3. The van der Waals surface area contributed by atoms with Crippen LogP contribution in [0.2, 0.25) is 0 Å². The largest absolute Gasteiger partial charge is 0.449 e. The van der Waals surface area contributed by atoms with Crippen molar-refractivity contribution in [3.05, 3.63) is 67.8 Å². The van der Waals surface area contributed by atoms with Gasteiger partial charge in [0.2, 0.25) is 0 Å². The van der Waals surface area contributed by atoms with Crippen molar-refractivity contribution < 1.29 is 23.7 Å². The van der Waals surface area contributed by atoms with E-state index in [2.05, 4.69) is 5.32 Å². The summed E-state index contributed by atoms with van der Waals surface area (Å²) >= 11 is 0. The molecule has 0 unspecified atom stereocenters. The highest BCUT2D eigenvalue weighted by molar-refractivity contribution is 5.98. The first-order chi connectivity index (χ1) is 12.2. The van der Waals surface area contributed by atoms with Gasteiger partial charge in [-0.3, -0.25) is 14.9 Å². The zero-order chi connectivity index (χ0) is 19.4. The van der Waals surface area contributed by atoms with Gasteiger partial charge in [-0.25, -0.2) is 9.59 Å². The first-order valence-electron chi connectivity index (χ1n) is 7.56. The lowest BCUT2D eigenvalue weighted by molar-refractivity contribution is -0.384. The lowest BCUT2D eigenvalue weighted by Gasteiger charge is -2.14. The van der Waals surface area contributed by atoms with Crippen LogP contribution in [0.4, 0.5) is 11.4 Å². The van der Waals surface area contributed by atoms with Gasteiger partial charge in [-0.2, -0.15) is 0 Å². The molecule has 26 heavy (non-hydrogen) atoms. The van der Waals surface area contributed by atoms with Crippen LogP contribution in [0, 0.1) is 24.0 Å². The fourth-order valence-corrected chi connectivity index (χ4v) is 2.25. The standard InChI is InChI=1S/C17H16N2O7/c1-9-8-14(20)25-10(2)15(9)17(22)26-11(3)16(21)18-12-4-6-13(7-5-12)19(23)24/h4-8,11H,1-3H3,(H,18,21)/t11-/m0/s1. The Labute approximate surface area is 147 Å². The van der Waals surface area contributed by atoms with Crippen LogP contribution in [0.3, 0.4) is 0 Å². The molecule has 0 radical (unpaired) electrons. The maximum absolute atomic E-state index is 12.2. The van der Waals surface area contributed by atoms with E-state index in [1.165, 1.54) is 38.1 Å². The Kier molecular flexibility index (Phi) is 5.51. The minimum absolute atomic E-state index is 0.0829. The van der Waals surface area contributed by atoms with Gasteiger partial charge in [0.05, 0.1) is 4.92 Å². The Balaban J connectivity index is 2.06. The number of aryl methyl sites for hydroxylation is 2. The number of ether oxygens (including phenoxy) is 1. The van der Waals surface area contributed by atoms with Crippen LogP contribution in [0.25, 0.3) is 0 Å². The molecule has 1 amide bonds. The van der Waals surface area contributed by atoms with Gasteiger partial charge in [0.1, 0.15) is 11.3 Å². The molecule has 2 rings (SSSR count). The Hall–Kier alpha value is -3.49. The molecular weight excluding hydrogens is 344 g/mol. The van der Waals surface area contributed by atoms with Gasteiger partial charge in [0.25, 0.3) is 11.6 Å². The van der Waals surface area contributed by atoms with E-state index in [1.54, 1.807) is 6.92 Å². The number of amides is 1. The molecule has 1 N–H and O–H groups in total. The Morgan fingerprint density at radius 1 is 1.23 bits per heavy atom. The Morgan fingerprint density at radius 3 is 2.38 bits per heavy atom. The zero-order valence-electron chi connectivity index (χ0n) is 14.3. The summed E-state index contributed by atoms with van der Waals surface area (Å²) in [6.45, 7) is 4.39. The van der Waals surface area contributed by atoms with Gasteiger partial charge in [-0.05, 0) is 38.5 Å². The molecule has 1 heterocycles. The molecule has 0 bridgehead atoms. The second kappa shape index (κ2) is 7.60. The third-order valence-electron chi connectivity index (χ3n) is 3.54. The van der Waals surface area contributed by atoms with Crippen molar-refractivity contribution in [2.24, 2.45) is 0 Å². The number of carbonyl (C=O) groups is 2. The molecule has 0 saturated carbocycles. The summed E-state index contributed by atoms with van der Waals surface area (Å²) in [4.78, 5) is 45.7. The topological polar surface area (TPSA) is 129 Å². The van der Waals surface area contributed by atoms with Gasteiger partial charge in [-0.15, -0.1) is 0 Å². The van der Waals surface area contributed by atoms with Crippen molar-refractivity contribution in [2.75, 3.05) is 5.32 Å². The first kappa shape index (κ1) is 18.8. The van der Waals surface area contributed by atoms with Crippen molar-refractivity contribution in [3.8, 4) is 0 Å². The van der Waals surface area contributed by atoms with Crippen molar-refractivity contribution in [3.63, 3.8) is 0 Å². The molecule has 0 aliphatic rings. The second-order valence-corrected chi connectivity index (χ2v) is 5.52. The van der Waals surface area contributed by atoms with Crippen LogP contribution in [0.15, 0.2) is 39.5 Å². The minimum Gasteiger partial charge on any atom is -0.449 e. The minimum atomic E-state index is -1.14. The quantitative estimate of drug-likeness (QED) is 0.492. The summed E-state index contributed by atoms with van der Waals surface area (Å²) in [5, 5.41) is 13.1. The van der Waals surface area contributed by atoms with E-state index >= 15 is 0 Å². The molecular formula is C17H16N2O7. The molecule has 9 nitrogen and oxygen atoms in total. The third-order valence-corrected chi connectivity index (χ3v) is 3.54. The summed E-state index contributed by atoms with van der Waals surface area (Å²) in [7, 11) is 0. The predicted octanol–water partition coefficient (Wildman–Crippen LogP) is 2.35. The maximum atomic E-state index is 12.2. The molecule has 0 saturated heterocycles. The Bertz CT molecular complexity index is 889. The smallest absolute Gasteiger partial charge is 0.342 e. The van der Waals surface area contributed by atoms with Gasteiger partial charge >= 0.3 is 11.6 Å². The molecule has 1 aromatic carbocycles. The van der Waals surface area contributed by atoms with E-state index in [9.17, 15) is 24.5 Å². The molecule has 2 aromatic rings. The van der Waals surface area contributed by atoms with Crippen LogP contribution in [-0.2, 0) is 9.53 Å². The van der Waals surface area contributed by atoms with E-state index in [-0.39, 0.29) is 17.0 Å². The summed E-state index contributed by atoms with van der Waals surface area (Å²) < 4.78 is 9.98. The summed E-state index contributed by atoms with van der Waals surface area (Å²) in [5.74, 6) is -1.31. The SMILES string of the molecule is Cc1cc(=O)oc(C)c1C(=O)O[C@@H](C)C(=O)Nc1ccc([N+](=O)[O-])cc1. The fourth-order valence-electron chi connectivity index (χ4n) is 2.25. The average Bonchev–Trinajstić information content (AvgIpc) is 2.54. The number of hydrogen-bond acceptors (Lipinski definition) is 7. The number of benzene rings is 1. The van der Waals surface area contributed by atoms with E-state index < -0.39 is 28.5 Å². The number of nitrogens with one attached hydrogen (secondary N) is 1. The van der Waals surface area contributed by atoms with Crippen LogP contribution in [0.1, 0.15) is 28.6 Å². The summed E-state index contributed by atoms with van der Waals surface area (Å²) in [6.07, 6.45) is -1.14. The van der Waals surface area contributed by atoms with Gasteiger partial charge in [-0.1, -0.05) is 0 Å². The van der Waals surface area contributed by atoms with E-state index in [4.69, 9.17) is 9.15 Å². The van der Waals surface area contributed by atoms with Crippen molar-refractivity contribution in [1.29, 1.82) is 0 Å². The van der Waals surface area contributed by atoms with E-state index in [0.717, 1.165) is 6.07 Å². The fraction of sp³-hybridized carbons (Fsp3) is 0.235. The highest BCUT2D eigenvalue weighted by Gasteiger charge is 2.23. The third kappa shape index (κ3) is 4.32. The molecule has 136 valence electrons. The van der Waals surface area contributed by atoms with Gasteiger partial charge in [0, 0.05) is 23.9 Å². The number of anilines is 1. The normalized spacial score (nSPS) is 11.5. The van der Waals surface area contributed by atoms with Crippen molar-refractivity contribution >= 4 is 23.3 Å². The van der Waals surface area contributed by atoms with Crippen LogP contribution < -0.4 is 10.9 Å². The number of carbonyl (C=O) groups excluding carboxylic acids is 2. The van der Waals surface area contributed by atoms with Crippen molar-refractivity contribution in [1.82, 2.24) is 0 Å². The monoisotopic (exact) mass is 360 g/mol. The van der Waals surface area contributed by atoms with Crippen molar-refractivity contribution in [2.45, 2.75) is 26.9 Å². The van der Waals surface area contributed by atoms with E-state index in [0.29, 0.717) is 11.3 Å². The van der Waals surface area contributed by atoms with Gasteiger partial charge < -0.3 is 14.5 Å². The number of nitrogens with zero attached hydrogens (tertiary/aromatic N) is 1. The van der Waals surface area contributed by atoms with Crippen LogP contribution in [-0.4, -0.2) is 22.9 Å².